The molecule has 1 unspecified atom stereocenters. The number of nitrogens with zero attached hydrogens (tertiary/aromatic N) is 4. The number of carbonyl (C=O) groups is 1. The zero-order valence-electron chi connectivity index (χ0n) is 21.0. The molecule has 1 fully saturated rings. The number of hydrogen-bond donors (Lipinski definition) is 0. The third-order valence-electron chi connectivity index (χ3n) is 6.54. The number of allylic oxidation sites excluding steroid dienone is 3. The van der Waals surface area contributed by atoms with Crippen molar-refractivity contribution in [3.8, 4) is 0 Å². The van der Waals surface area contributed by atoms with Gasteiger partial charge in [-0.2, -0.15) is 0 Å². The molecule has 0 bridgehead atoms. The van der Waals surface area contributed by atoms with Gasteiger partial charge in [0.25, 0.3) is 0 Å². The second-order valence-electron chi connectivity index (χ2n) is 10.6. The maximum Gasteiger partial charge on any atom is 0.410 e. The standard InChI is InChI=1S/C25H33IN4O4S/c1-17-16-29(23(31)34-24(3,4)5)18(2)15-28(17)22-20-10-13-30(21(20)9-12-27-22)35(32,33)25(6)11-7-8-19(26)14-25/h7-13,17-18H,14-16H2,1-6H3/t17-,18+,25?/m0/s1. The monoisotopic (exact) mass is 612 g/mol. The summed E-state index contributed by atoms with van der Waals surface area (Å²) in [5.74, 6) is 0.721. The van der Waals surface area contributed by atoms with Gasteiger partial charge >= 0.3 is 6.09 Å². The van der Waals surface area contributed by atoms with Crippen LogP contribution in [-0.4, -0.2) is 63.9 Å². The molecule has 1 aliphatic carbocycles. The second-order valence-corrected chi connectivity index (χ2v) is 14.3. The Labute approximate surface area is 221 Å². The van der Waals surface area contributed by atoms with E-state index in [1.807, 2.05) is 52.8 Å². The van der Waals surface area contributed by atoms with E-state index >= 15 is 0 Å². The average Bonchev–Trinajstić information content (AvgIpc) is 3.18. The summed E-state index contributed by atoms with van der Waals surface area (Å²) in [7, 11) is -3.72. The van der Waals surface area contributed by atoms with Gasteiger partial charge in [0.2, 0.25) is 10.0 Å². The first-order valence-corrected chi connectivity index (χ1v) is 14.3. The van der Waals surface area contributed by atoms with E-state index in [9.17, 15) is 13.2 Å². The summed E-state index contributed by atoms with van der Waals surface area (Å²) in [6.07, 6.45) is 8.91. The molecular formula is C25H33IN4O4S. The minimum absolute atomic E-state index is 0.0257. The third-order valence-corrected chi connectivity index (χ3v) is 9.58. The predicted molar refractivity (Wildman–Crippen MR) is 148 cm³/mol. The number of fused-ring (bicyclic) bond motifs is 1. The summed E-state index contributed by atoms with van der Waals surface area (Å²) in [4.78, 5) is 21.3. The fourth-order valence-electron chi connectivity index (χ4n) is 4.67. The summed E-state index contributed by atoms with van der Waals surface area (Å²) in [5, 5.41) is 0.773. The lowest BCUT2D eigenvalue weighted by atomic mass is 10.0. The Morgan fingerprint density at radius 2 is 1.91 bits per heavy atom. The summed E-state index contributed by atoms with van der Waals surface area (Å²) in [5.41, 5.74) is 0.0418. The molecule has 190 valence electrons. The minimum Gasteiger partial charge on any atom is -0.444 e. The van der Waals surface area contributed by atoms with Gasteiger partial charge in [-0.05, 0) is 79.8 Å². The Hall–Kier alpha value is -2.08. The highest BCUT2D eigenvalue weighted by molar-refractivity contribution is 14.1. The number of pyridine rings is 1. The van der Waals surface area contributed by atoms with Crippen molar-refractivity contribution in [3.05, 3.63) is 46.3 Å². The van der Waals surface area contributed by atoms with E-state index in [4.69, 9.17) is 4.74 Å². The number of ether oxygens (including phenoxy) is 1. The number of amides is 1. The van der Waals surface area contributed by atoms with Gasteiger partial charge in [-0.1, -0.05) is 18.2 Å². The van der Waals surface area contributed by atoms with Crippen LogP contribution in [0.4, 0.5) is 10.6 Å². The Balaban J connectivity index is 1.66. The number of hydrogen-bond acceptors (Lipinski definition) is 6. The molecule has 0 saturated carbocycles. The van der Waals surface area contributed by atoms with Crippen LogP contribution in [-0.2, 0) is 14.8 Å². The number of halogens is 1. The number of carbonyl (C=O) groups excluding carboxylic acids is 1. The Morgan fingerprint density at radius 1 is 1.20 bits per heavy atom. The zero-order chi connectivity index (χ0) is 25.8. The van der Waals surface area contributed by atoms with Gasteiger partial charge in [0.1, 0.15) is 16.2 Å². The number of anilines is 1. The lowest BCUT2D eigenvalue weighted by Crippen LogP contribution is -2.59. The topological polar surface area (TPSA) is 84.7 Å². The number of piperazine rings is 1. The van der Waals surface area contributed by atoms with Crippen molar-refractivity contribution < 1.29 is 17.9 Å². The maximum atomic E-state index is 13.8. The molecule has 10 heteroatoms. The predicted octanol–water partition coefficient (Wildman–Crippen LogP) is 5.09. The van der Waals surface area contributed by atoms with Crippen LogP contribution in [0, 0.1) is 0 Å². The molecule has 4 rings (SSSR count). The molecule has 2 aromatic heterocycles. The zero-order valence-corrected chi connectivity index (χ0v) is 24.0. The van der Waals surface area contributed by atoms with E-state index in [2.05, 4.69) is 32.5 Å². The summed E-state index contributed by atoms with van der Waals surface area (Å²) >= 11 is 2.19. The molecule has 0 aromatic carbocycles. The smallest absolute Gasteiger partial charge is 0.410 e. The van der Waals surface area contributed by atoms with Crippen molar-refractivity contribution in [2.75, 3.05) is 18.0 Å². The Bertz CT molecular complexity index is 1310. The highest BCUT2D eigenvalue weighted by atomic mass is 127. The lowest BCUT2D eigenvalue weighted by molar-refractivity contribution is 0.0130. The molecule has 8 nitrogen and oxygen atoms in total. The van der Waals surface area contributed by atoms with Crippen LogP contribution in [0.2, 0.25) is 0 Å². The third kappa shape index (κ3) is 4.83. The van der Waals surface area contributed by atoms with E-state index < -0.39 is 20.4 Å². The molecular weight excluding hydrogens is 579 g/mol. The number of aromatic nitrogens is 2. The van der Waals surface area contributed by atoms with Gasteiger partial charge < -0.3 is 14.5 Å². The fraction of sp³-hybridized carbons (Fsp3) is 0.520. The van der Waals surface area contributed by atoms with Crippen LogP contribution in [0.1, 0.15) is 48.0 Å². The quantitative estimate of drug-likeness (QED) is 0.450. The molecule has 1 amide bonds. The van der Waals surface area contributed by atoms with Crippen molar-refractivity contribution in [1.29, 1.82) is 0 Å². The van der Waals surface area contributed by atoms with Crippen molar-refractivity contribution in [1.82, 2.24) is 13.9 Å². The van der Waals surface area contributed by atoms with Crippen LogP contribution in [0.15, 0.2) is 46.3 Å². The fourth-order valence-corrected chi connectivity index (χ4v) is 7.61. The van der Waals surface area contributed by atoms with Crippen molar-refractivity contribution in [2.45, 2.75) is 70.4 Å². The van der Waals surface area contributed by atoms with Gasteiger partial charge in [0.15, 0.2) is 0 Å². The Morgan fingerprint density at radius 3 is 2.57 bits per heavy atom. The number of rotatable bonds is 3. The van der Waals surface area contributed by atoms with Gasteiger partial charge in [-0.15, -0.1) is 0 Å². The van der Waals surface area contributed by atoms with Crippen LogP contribution < -0.4 is 4.90 Å². The first-order valence-electron chi connectivity index (χ1n) is 11.7. The van der Waals surface area contributed by atoms with Gasteiger partial charge in [-0.3, -0.25) is 0 Å². The van der Waals surface area contributed by atoms with Gasteiger partial charge in [0, 0.05) is 49.4 Å². The van der Waals surface area contributed by atoms with Crippen LogP contribution in [0.5, 0.6) is 0 Å². The van der Waals surface area contributed by atoms with E-state index in [1.54, 1.807) is 36.4 Å². The summed E-state index contributed by atoms with van der Waals surface area (Å²) in [6, 6.07) is 3.45. The van der Waals surface area contributed by atoms with Gasteiger partial charge in [-0.25, -0.2) is 22.2 Å². The molecule has 3 heterocycles. The van der Waals surface area contributed by atoms with Crippen LogP contribution in [0.25, 0.3) is 10.9 Å². The molecule has 35 heavy (non-hydrogen) atoms. The van der Waals surface area contributed by atoms with Crippen molar-refractivity contribution in [3.63, 3.8) is 0 Å². The molecule has 0 N–H and O–H groups in total. The maximum absolute atomic E-state index is 13.8. The van der Waals surface area contributed by atoms with Crippen LogP contribution >= 0.6 is 22.6 Å². The second kappa shape index (κ2) is 9.10. The molecule has 1 saturated heterocycles. The normalized spacial score (nSPS) is 25.6. The first-order chi connectivity index (χ1) is 16.2. The highest BCUT2D eigenvalue weighted by Gasteiger charge is 2.41. The summed E-state index contributed by atoms with van der Waals surface area (Å²) in [6.45, 7) is 12.4. The van der Waals surface area contributed by atoms with Crippen molar-refractivity contribution in [2.24, 2.45) is 0 Å². The largest absolute Gasteiger partial charge is 0.444 e. The molecule has 0 radical (unpaired) electrons. The minimum atomic E-state index is -3.72. The molecule has 3 atom stereocenters. The van der Waals surface area contributed by atoms with E-state index in [1.165, 1.54) is 3.97 Å². The highest BCUT2D eigenvalue weighted by Crippen LogP contribution is 2.37. The Kier molecular flexibility index (Phi) is 6.76. The van der Waals surface area contributed by atoms with Crippen LogP contribution in [0.3, 0.4) is 0 Å². The van der Waals surface area contributed by atoms with Crippen molar-refractivity contribution >= 4 is 55.4 Å². The molecule has 1 aliphatic heterocycles. The first kappa shape index (κ1) is 26.0. The average molecular weight is 613 g/mol. The lowest BCUT2D eigenvalue weighted by Gasteiger charge is -2.44. The van der Waals surface area contributed by atoms with E-state index in [0.717, 1.165) is 14.8 Å². The molecule has 2 aliphatic rings. The SMILES string of the molecule is C[C@@H]1CN(c2nccc3c2ccn3S(=O)(=O)C2(C)C=CC=C(I)C2)[C@@H](C)CN1C(=O)OC(C)(C)C. The van der Waals surface area contributed by atoms with E-state index in [0.29, 0.717) is 25.0 Å². The van der Waals surface area contributed by atoms with Gasteiger partial charge in [0.05, 0.1) is 5.52 Å². The summed E-state index contributed by atoms with van der Waals surface area (Å²) < 4.78 is 34.5. The molecule has 0 spiro atoms. The molecule has 2 aromatic rings. The van der Waals surface area contributed by atoms with E-state index in [-0.39, 0.29) is 18.2 Å².